The monoisotopic (exact) mass is 277 g/mol. The first-order valence-electron chi connectivity index (χ1n) is 4.15. The molecular weight excluding hydrogens is 273 g/mol. The van der Waals surface area contributed by atoms with Crippen LogP contribution in [0.1, 0.15) is 0 Å². The largest absolute Gasteiger partial charge is 0.341 e. The van der Waals surface area contributed by atoms with Crippen molar-refractivity contribution in [2.75, 3.05) is 0 Å². The number of aromatic nitrogens is 1. The molecule has 1 aromatic carbocycles. The summed E-state index contributed by atoms with van der Waals surface area (Å²) in [6.07, 6.45) is 0. The van der Waals surface area contributed by atoms with Crippen molar-refractivity contribution in [1.29, 1.82) is 0 Å². The van der Waals surface area contributed by atoms with Crippen molar-refractivity contribution in [3.63, 3.8) is 0 Å². The molecule has 4 nitrogen and oxygen atoms in total. The average Bonchev–Trinajstić information content (AvgIpc) is 2.61. The van der Waals surface area contributed by atoms with Gasteiger partial charge >= 0.3 is 0 Å². The van der Waals surface area contributed by atoms with Gasteiger partial charge in [0, 0.05) is 16.2 Å². The standard InChI is InChI=1S/C9H5Cl2NO3S/c10-7-8(6-4-2-1-3-5-6)12-15-9(7)16(11,13)14/h1-5H. The molecule has 0 saturated heterocycles. The summed E-state index contributed by atoms with van der Waals surface area (Å²) >= 11 is 5.82. The highest BCUT2D eigenvalue weighted by Crippen LogP contribution is 2.33. The van der Waals surface area contributed by atoms with E-state index in [0.29, 0.717) is 5.56 Å². The minimum Gasteiger partial charge on any atom is -0.341 e. The van der Waals surface area contributed by atoms with Crippen LogP contribution < -0.4 is 0 Å². The van der Waals surface area contributed by atoms with Gasteiger partial charge in [0.05, 0.1) is 0 Å². The third kappa shape index (κ3) is 2.07. The molecule has 0 atom stereocenters. The first kappa shape index (κ1) is 11.4. The van der Waals surface area contributed by atoms with Crippen LogP contribution in [0.4, 0.5) is 0 Å². The molecule has 1 heterocycles. The molecule has 0 amide bonds. The summed E-state index contributed by atoms with van der Waals surface area (Å²) in [5, 5.41) is 2.94. The van der Waals surface area contributed by atoms with Crippen LogP contribution in [0.5, 0.6) is 0 Å². The second-order valence-electron chi connectivity index (χ2n) is 2.94. The summed E-state index contributed by atoms with van der Waals surface area (Å²) in [4.78, 5) is 0. The Morgan fingerprint density at radius 2 is 1.81 bits per heavy atom. The maximum Gasteiger partial charge on any atom is 0.298 e. The van der Waals surface area contributed by atoms with Gasteiger partial charge in [-0.05, 0) is 0 Å². The summed E-state index contributed by atoms with van der Waals surface area (Å²) < 4.78 is 26.7. The van der Waals surface area contributed by atoms with Gasteiger partial charge in [-0.25, -0.2) is 8.42 Å². The van der Waals surface area contributed by atoms with Crippen LogP contribution in [-0.2, 0) is 9.05 Å². The molecule has 0 aliphatic carbocycles. The second kappa shape index (κ2) is 4.08. The quantitative estimate of drug-likeness (QED) is 0.792. The van der Waals surface area contributed by atoms with Crippen LogP contribution >= 0.6 is 22.3 Å². The van der Waals surface area contributed by atoms with Gasteiger partial charge in [0.2, 0.25) is 0 Å². The second-order valence-corrected chi connectivity index (χ2v) is 5.78. The Labute approximate surface area is 101 Å². The first-order chi connectivity index (χ1) is 7.50. The van der Waals surface area contributed by atoms with E-state index in [9.17, 15) is 8.42 Å². The maximum absolute atomic E-state index is 11.0. The van der Waals surface area contributed by atoms with Crippen LogP contribution in [0.2, 0.25) is 5.02 Å². The van der Waals surface area contributed by atoms with Crippen LogP contribution in [0.3, 0.4) is 0 Å². The van der Waals surface area contributed by atoms with E-state index in [4.69, 9.17) is 22.3 Å². The Kier molecular flexibility index (Phi) is 2.92. The number of hydrogen-bond donors (Lipinski definition) is 0. The Bertz CT molecular complexity index is 607. The molecule has 0 N–H and O–H groups in total. The third-order valence-electron chi connectivity index (χ3n) is 1.88. The topological polar surface area (TPSA) is 60.2 Å². The zero-order valence-electron chi connectivity index (χ0n) is 7.72. The van der Waals surface area contributed by atoms with Gasteiger partial charge in [0.1, 0.15) is 10.7 Å². The minimum atomic E-state index is -4.01. The normalized spacial score (nSPS) is 11.6. The van der Waals surface area contributed by atoms with Crippen molar-refractivity contribution in [2.45, 2.75) is 5.09 Å². The Morgan fingerprint density at radius 1 is 1.19 bits per heavy atom. The number of halogens is 2. The Balaban J connectivity index is 2.59. The van der Waals surface area contributed by atoms with E-state index in [0.717, 1.165) is 0 Å². The van der Waals surface area contributed by atoms with Crippen molar-refractivity contribution < 1.29 is 12.9 Å². The van der Waals surface area contributed by atoms with E-state index in [2.05, 4.69) is 9.68 Å². The molecule has 0 aliphatic heterocycles. The number of nitrogens with zero attached hydrogens (tertiary/aromatic N) is 1. The summed E-state index contributed by atoms with van der Waals surface area (Å²) in [5.41, 5.74) is 0.907. The molecule has 2 aromatic rings. The van der Waals surface area contributed by atoms with Crippen LogP contribution in [0, 0.1) is 0 Å². The highest BCUT2D eigenvalue weighted by atomic mass is 35.7. The van der Waals surface area contributed by atoms with Gasteiger partial charge in [-0.1, -0.05) is 47.1 Å². The molecular formula is C9H5Cl2NO3S. The van der Waals surface area contributed by atoms with E-state index in [1.807, 2.05) is 6.07 Å². The molecule has 7 heteroatoms. The molecule has 0 radical (unpaired) electrons. The lowest BCUT2D eigenvalue weighted by Crippen LogP contribution is -1.87. The predicted octanol–water partition coefficient (Wildman–Crippen LogP) is 2.92. The van der Waals surface area contributed by atoms with Gasteiger partial charge in [-0.15, -0.1) is 0 Å². The summed E-state index contributed by atoms with van der Waals surface area (Å²) in [6.45, 7) is 0. The molecule has 0 fully saturated rings. The lowest BCUT2D eigenvalue weighted by molar-refractivity contribution is 0.343. The van der Waals surface area contributed by atoms with Gasteiger partial charge in [-0.3, -0.25) is 0 Å². The molecule has 0 bridgehead atoms. The van der Waals surface area contributed by atoms with E-state index < -0.39 is 14.1 Å². The SMILES string of the molecule is O=S(=O)(Cl)c1onc(-c2ccccc2)c1Cl. The maximum atomic E-state index is 11.0. The van der Waals surface area contributed by atoms with E-state index in [1.165, 1.54) is 0 Å². The Hall–Kier alpha value is -1.04. The zero-order valence-corrected chi connectivity index (χ0v) is 10.1. The number of hydrogen-bond acceptors (Lipinski definition) is 4. The first-order valence-corrected chi connectivity index (χ1v) is 6.84. The van der Waals surface area contributed by atoms with E-state index >= 15 is 0 Å². The van der Waals surface area contributed by atoms with Crippen LogP contribution in [0.25, 0.3) is 11.3 Å². The molecule has 0 spiro atoms. The highest BCUT2D eigenvalue weighted by Gasteiger charge is 2.25. The fourth-order valence-electron chi connectivity index (χ4n) is 1.19. The number of rotatable bonds is 2. The smallest absolute Gasteiger partial charge is 0.298 e. The third-order valence-corrected chi connectivity index (χ3v) is 3.48. The van der Waals surface area contributed by atoms with Gasteiger partial charge in [0.15, 0.2) is 0 Å². The van der Waals surface area contributed by atoms with E-state index in [1.54, 1.807) is 24.3 Å². The molecule has 1 aromatic heterocycles. The average molecular weight is 278 g/mol. The van der Waals surface area contributed by atoms with Crippen molar-refractivity contribution in [1.82, 2.24) is 5.16 Å². The predicted molar refractivity (Wildman–Crippen MR) is 60.0 cm³/mol. The Morgan fingerprint density at radius 3 is 2.31 bits per heavy atom. The molecule has 2 rings (SSSR count). The molecule has 0 saturated carbocycles. The van der Waals surface area contributed by atoms with Crippen molar-refractivity contribution in [2.24, 2.45) is 0 Å². The summed E-state index contributed by atoms with van der Waals surface area (Å²) in [7, 11) is 1.11. The van der Waals surface area contributed by atoms with Gasteiger partial charge < -0.3 is 4.52 Å². The lowest BCUT2D eigenvalue weighted by atomic mass is 10.2. The van der Waals surface area contributed by atoms with Gasteiger partial charge in [-0.2, -0.15) is 0 Å². The minimum absolute atomic E-state index is 0.110. The molecule has 0 unspecified atom stereocenters. The van der Waals surface area contributed by atoms with Crippen molar-refractivity contribution >= 4 is 31.3 Å². The molecule has 84 valence electrons. The lowest BCUT2D eigenvalue weighted by Gasteiger charge is -1.94. The summed E-state index contributed by atoms with van der Waals surface area (Å²) in [6, 6.07) is 8.82. The summed E-state index contributed by atoms with van der Waals surface area (Å²) in [5.74, 6) is 0. The number of benzene rings is 1. The zero-order chi connectivity index (χ0) is 11.8. The van der Waals surface area contributed by atoms with E-state index in [-0.39, 0.29) is 10.7 Å². The van der Waals surface area contributed by atoms with Crippen molar-refractivity contribution in [3.8, 4) is 11.3 Å². The fraction of sp³-hybridized carbons (Fsp3) is 0. The van der Waals surface area contributed by atoms with Crippen LogP contribution in [0.15, 0.2) is 39.9 Å². The molecule has 0 aliphatic rings. The fourth-order valence-corrected chi connectivity index (χ4v) is 2.55. The molecule has 16 heavy (non-hydrogen) atoms. The highest BCUT2D eigenvalue weighted by molar-refractivity contribution is 8.13. The van der Waals surface area contributed by atoms with Crippen LogP contribution in [-0.4, -0.2) is 13.6 Å². The van der Waals surface area contributed by atoms with Gasteiger partial charge in [0.25, 0.3) is 14.1 Å². The van der Waals surface area contributed by atoms with Crippen molar-refractivity contribution in [3.05, 3.63) is 35.4 Å².